The Hall–Kier alpha value is -1.27. The number of aromatic nitrogens is 2. The number of carboxylic acid groups (broad SMARTS) is 1. The molecule has 0 unspecified atom stereocenters. The molecule has 0 radical (unpaired) electrons. The zero-order chi connectivity index (χ0) is 13.1. The maximum Gasteiger partial charge on any atom is 0.313 e. The zero-order valence-corrected chi connectivity index (χ0v) is 12.0. The molecule has 4 nitrogen and oxygen atoms in total. The molecule has 1 N–H and O–H groups in total. The maximum atomic E-state index is 10.6. The number of thioether (sulfide) groups is 1. The van der Waals surface area contributed by atoms with Crippen molar-refractivity contribution in [2.45, 2.75) is 12.1 Å². The summed E-state index contributed by atoms with van der Waals surface area (Å²) in [5.74, 6) is -0.839. The molecule has 0 saturated carbocycles. The van der Waals surface area contributed by atoms with Crippen LogP contribution in [0.2, 0.25) is 0 Å². The van der Waals surface area contributed by atoms with E-state index in [-0.39, 0.29) is 5.75 Å². The van der Waals surface area contributed by atoms with Gasteiger partial charge in [0, 0.05) is 16.9 Å². The van der Waals surface area contributed by atoms with Crippen molar-refractivity contribution in [3.63, 3.8) is 0 Å². The lowest BCUT2D eigenvalue weighted by Crippen LogP contribution is -2.02. The second-order valence-electron chi connectivity index (χ2n) is 3.69. The van der Waals surface area contributed by atoms with Crippen LogP contribution in [-0.4, -0.2) is 26.4 Å². The lowest BCUT2D eigenvalue weighted by atomic mass is 10.2. The smallest absolute Gasteiger partial charge is 0.313 e. The summed E-state index contributed by atoms with van der Waals surface area (Å²) in [4.78, 5) is 14.8. The topological polar surface area (TPSA) is 55.1 Å². The molecule has 2 aromatic rings. The lowest BCUT2D eigenvalue weighted by molar-refractivity contribution is -0.133. The summed E-state index contributed by atoms with van der Waals surface area (Å²) in [5.41, 5.74) is 2.10. The van der Waals surface area contributed by atoms with Crippen molar-refractivity contribution >= 4 is 33.7 Å². The van der Waals surface area contributed by atoms with Crippen molar-refractivity contribution in [1.29, 1.82) is 0 Å². The molecule has 0 fully saturated rings. The number of carboxylic acids is 1. The molecule has 0 amide bonds. The molecule has 0 bridgehead atoms. The molecule has 1 heterocycles. The van der Waals surface area contributed by atoms with E-state index in [4.69, 9.17) is 5.11 Å². The Bertz CT molecular complexity index is 583. The number of halogens is 1. The van der Waals surface area contributed by atoms with Crippen LogP contribution in [0.25, 0.3) is 5.69 Å². The summed E-state index contributed by atoms with van der Waals surface area (Å²) in [6.45, 7) is 2.01. The number of nitrogens with zero attached hydrogens (tertiary/aromatic N) is 2. The third kappa shape index (κ3) is 2.94. The molecule has 0 aliphatic heterocycles. The van der Waals surface area contributed by atoms with Gasteiger partial charge in [0.05, 0.1) is 11.4 Å². The largest absolute Gasteiger partial charge is 0.481 e. The average Bonchev–Trinajstić information content (AvgIpc) is 2.74. The molecular weight excluding hydrogens is 316 g/mol. The maximum absolute atomic E-state index is 10.6. The van der Waals surface area contributed by atoms with Crippen molar-refractivity contribution in [3.8, 4) is 5.69 Å². The quantitative estimate of drug-likeness (QED) is 0.877. The molecule has 6 heteroatoms. The molecule has 1 aromatic heterocycles. The summed E-state index contributed by atoms with van der Waals surface area (Å²) < 4.78 is 2.92. The predicted octanol–water partition coefficient (Wildman–Crippen LogP) is 3.12. The van der Waals surface area contributed by atoms with Crippen LogP contribution >= 0.6 is 27.7 Å². The number of aryl methyl sites for hydroxylation is 1. The highest BCUT2D eigenvalue weighted by Crippen LogP contribution is 2.24. The highest BCUT2D eigenvalue weighted by atomic mass is 79.9. The fourth-order valence-corrected chi connectivity index (χ4v) is 2.76. The van der Waals surface area contributed by atoms with E-state index < -0.39 is 5.97 Å². The second kappa shape index (κ2) is 5.58. The Morgan fingerprint density at radius 3 is 3.00 bits per heavy atom. The van der Waals surface area contributed by atoms with Gasteiger partial charge in [0.2, 0.25) is 0 Å². The standard InChI is InChI=1S/C12H11BrN2O2S/c1-8-6-9(13)2-3-10(8)15-5-4-14-12(15)18-7-11(16)17/h2-6H,7H2,1H3,(H,16,17). The van der Waals surface area contributed by atoms with Crippen LogP contribution in [0.4, 0.5) is 0 Å². The van der Waals surface area contributed by atoms with Crippen LogP contribution in [-0.2, 0) is 4.79 Å². The van der Waals surface area contributed by atoms with E-state index in [1.54, 1.807) is 6.20 Å². The molecule has 18 heavy (non-hydrogen) atoms. The molecular formula is C12H11BrN2O2S. The summed E-state index contributed by atoms with van der Waals surface area (Å²) in [5, 5.41) is 9.38. The van der Waals surface area contributed by atoms with Gasteiger partial charge < -0.3 is 5.11 Å². The highest BCUT2D eigenvalue weighted by molar-refractivity contribution is 9.10. The Morgan fingerprint density at radius 1 is 1.56 bits per heavy atom. The average molecular weight is 327 g/mol. The summed E-state index contributed by atoms with van der Waals surface area (Å²) in [6.07, 6.45) is 3.51. The normalized spacial score (nSPS) is 10.6. The highest BCUT2D eigenvalue weighted by Gasteiger charge is 2.09. The van der Waals surface area contributed by atoms with Gasteiger partial charge in [0.1, 0.15) is 0 Å². The first-order valence-electron chi connectivity index (χ1n) is 5.22. The van der Waals surface area contributed by atoms with Gasteiger partial charge in [-0.15, -0.1) is 0 Å². The predicted molar refractivity (Wildman–Crippen MR) is 74.4 cm³/mol. The van der Waals surface area contributed by atoms with Crippen LogP contribution in [0.3, 0.4) is 0 Å². The van der Waals surface area contributed by atoms with Crippen molar-refractivity contribution in [1.82, 2.24) is 9.55 Å². The molecule has 0 aliphatic rings. The third-order valence-electron chi connectivity index (χ3n) is 2.35. The number of hydrogen-bond acceptors (Lipinski definition) is 3. The summed E-state index contributed by atoms with van der Waals surface area (Å²) in [6, 6.07) is 5.95. The minimum atomic E-state index is -0.845. The number of aliphatic carboxylic acids is 1. The van der Waals surface area contributed by atoms with E-state index in [2.05, 4.69) is 20.9 Å². The van der Waals surface area contributed by atoms with E-state index in [0.29, 0.717) is 5.16 Å². The van der Waals surface area contributed by atoms with Crippen LogP contribution < -0.4 is 0 Å². The fraction of sp³-hybridized carbons (Fsp3) is 0.167. The Balaban J connectivity index is 2.33. The van der Waals surface area contributed by atoms with Crippen molar-refractivity contribution < 1.29 is 9.90 Å². The zero-order valence-electron chi connectivity index (χ0n) is 9.63. The van der Waals surface area contributed by atoms with Crippen molar-refractivity contribution in [2.75, 3.05) is 5.75 Å². The molecule has 0 aliphatic carbocycles. The van der Waals surface area contributed by atoms with Gasteiger partial charge >= 0.3 is 5.97 Å². The molecule has 2 rings (SSSR count). The van der Waals surface area contributed by atoms with Gasteiger partial charge in [-0.05, 0) is 30.7 Å². The van der Waals surface area contributed by atoms with E-state index in [1.165, 1.54) is 11.8 Å². The van der Waals surface area contributed by atoms with Crippen LogP contribution in [0.1, 0.15) is 5.56 Å². The van der Waals surface area contributed by atoms with Crippen LogP contribution in [0.5, 0.6) is 0 Å². The number of benzene rings is 1. The Labute approximate surface area is 117 Å². The van der Waals surface area contributed by atoms with Gasteiger partial charge in [-0.25, -0.2) is 4.98 Å². The second-order valence-corrected chi connectivity index (χ2v) is 5.55. The fourth-order valence-electron chi connectivity index (χ4n) is 1.60. The molecule has 94 valence electrons. The minimum Gasteiger partial charge on any atom is -0.481 e. The van der Waals surface area contributed by atoms with Gasteiger partial charge in [-0.2, -0.15) is 0 Å². The van der Waals surface area contributed by atoms with E-state index >= 15 is 0 Å². The monoisotopic (exact) mass is 326 g/mol. The molecule has 0 saturated heterocycles. The van der Waals surface area contributed by atoms with Crippen LogP contribution in [0, 0.1) is 6.92 Å². The van der Waals surface area contributed by atoms with E-state index in [9.17, 15) is 4.79 Å². The van der Waals surface area contributed by atoms with E-state index in [0.717, 1.165) is 15.7 Å². The molecule has 0 spiro atoms. The SMILES string of the molecule is Cc1cc(Br)ccc1-n1ccnc1SCC(=O)O. The number of hydrogen-bond donors (Lipinski definition) is 1. The van der Waals surface area contributed by atoms with Gasteiger partial charge in [0.15, 0.2) is 5.16 Å². The Kier molecular flexibility index (Phi) is 4.08. The summed E-state index contributed by atoms with van der Waals surface area (Å²) >= 11 is 4.63. The third-order valence-corrected chi connectivity index (χ3v) is 3.79. The number of carbonyl (C=O) groups is 1. The number of imidazole rings is 1. The summed E-state index contributed by atoms with van der Waals surface area (Å²) in [7, 11) is 0. The van der Waals surface area contributed by atoms with E-state index in [1.807, 2.05) is 35.9 Å². The van der Waals surface area contributed by atoms with Crippen molar-refractivity contribution in [2.24, 2.45) is 0 Å². The first kappa shape index (κ1) is 13.2. The van der Waals surface area contributed by atoms with Gasteiger partial charge in [-0.3, -0.25) is 9.36 Å². The molecule has 0 atom stereocenters. The lowest BCUT2D eigenvalue weighted by Gasteiger charge is -2.10. The van der Waals surface area contributed by atoms with Crippen molar-refractivity contribution in [3.05, 3.63) is 40.6 Å². The van der Waals surface area contributed by atoms with Crippen LogP contribution in [0.15, 0.2) is 40.2 Å². The Morgan fingerprint density at radius 2 is 2.33 bits per heavy atom. The van der Waals surface area contributed by atoms with Gasteiger partial charge in [-0.1, -0.05) is 27.7 Å². The molecule has 1 aromatic carbocycles. The minimum absolute atomic E-state index is 0.00654. The number of rotatable bonds is 4. The van der Waals surface area contributed by atoms with Gasteiger partial charge in [0.25, 0.3) is 0 Å². The first-order valence-corrected chi connectivity index (χ1v) is 7.00. The first-order chi connectivity index (χ1) is 8.58.